The van der Waals surface area contributed by atoms with E-state index in [1.807, 2.05) is 0 Å². The van der Waals surface area contributed by atoms with Gasteiger partial charge in [-0.05, 0) is 60.4 Å². The summed E-state index contributed by atoms with van der Waals surface area (Å²) in [6.45, 7) is 8.55. The quantitative estimate of drug-likeness (QED) is 0.244. The number of rotatable bonds is 8. The van der Waals surface area contributed by atoms with E-state index in [-0.39, 0.29) is 11.1 Å². The minimum absolute atomic E-state index is 0.0957. The number of piperidine rings is 1. The summed E-state index contributed by atoms with van der Waals surface area (Å²) in [6, 6.07) is 5.84. The number of aliphatic carboxylic acids is 1. The van der Waals surface area contributed by atoms with E-state index in [9.17, 15) is 27.9 Å². The molecule has 1 atom stereocenters. The number of ether oxygens (including phenoxy) is 1. The summed E-state index contributed by atoms with van der Waals surface area (Å²) < 4.78 is 47.1. The van der Waals surface area contributed by atoms with Gasteiger partial charge in [-0.25, -0.2) is 9.59 Å². The second-order valence-corrected chi connectivity index (χ2v) is 10.1. The van der Waals surface area contributed by atoms with Crippen LogP contribution in [0.4, 0.5) is 18.0 Å². The van der Waals surface area contributed by atoms with Gasteiger partial charge in [0.1, 0.15) is 5.60 Å². The zero-order chi connectivity index (χ0) is 29.1. The van der Waals surface area contributed by atoms with Crippen molar-refractivity contribution in [2.45, 2.75) is 51.1 Å². The Morgan fingerprint density at radius 3 is 2.50 bits per heavy atom. The monoisotopic (exact) mass is 555 g/mol. The molecule has 1 unspecified atom stereocenters. The van der Waals surface area contributed by atoms with E-state index < -0.39 is 35.4 Å². The summed E-state index contributed by atoms with van der Waals surface area (Å²) in [5.74, 6) is -1.07. The average molecular weight is 556 g/mol. The van der Waals surface area contributed by atoms with Crippen LogP contribution in [0.5, 0.6) is 0 Å². The average Bonchev–Trinajstić information content (AvgIpc) is 3.23. The minimum atomic E-state index is -4.46. The van der Waals surface area contributed by atoms with Gasteiger partial charge in [0.05, 0.1) is 23.7 Å². The molecule has 1 aromatic carbocycles. The predicted octanol–water partition coefficient (Wildman–Crippen LogP) is 6.00. The number of aryl methyl sites for hydroxylation is 1. The number of carboxylic acid groups (broad SMARTS) is 1. The van der Waals surface area contributed by atoms with Crippen LogP contribution in [0.3, 0.4) is 0 Å². The molecule has 3 heterocycles. The largest absolute Gasteiger partial charge is 0.478 e. The van der Waals surface area contributed by atoms with Crippen LogP contribution in [0, 0.1) is 6.92 Å². The molecule has 0 radical (unpaired) electrons. The fourth-order valence-electron chi connectivity index (χ4n) is 5.29. The molecule has 2 fully saturated rings. The molecule has 2 saturated heterocycles. The number of aromatic nitrogens is 1. The normalized spacial score (nSPS) is 18.8. The van der Waals surface area contributed by atoms with Crippen LogP contribution >= 0.6 is 0 Å². The first kappa shape index (κ1) is 29.1. The lowest BCUT2D eigenvalue weighted by Gasteiger charge is -2.38. The summed E-state index contributed by atoms with van der Waals surface area (Å²) >= 11 is 0. The van der Waals surface area contributed by atoms with Crippen LogP contribution in [0.15, 0.2) is 73.1 Å². The number of pyridine rings is 1. The smallest absolute Gasteiger partial charge is 0.416 e. The molecule has 4 rings (SSSR count). The molecular formula is C30H32F3N3O4. The molecule has 2 aromatic rings. The molecule has 7 nitrogen and oxygen atoms in total. The molecule has 1 amide bonds. The van der Waals surface area contributed by atoms with Crippen molar-refractivity contribution in [1.82, 2.24) is 14.8 Å². The molecule has 0 aliphatic carbocycles. The topological polar surface area (TPSA) is 83.0 Å². The van der Waals surface area contributed by atoms with Crippen LogP contribution in [-0.4, -0.2) is 63.2 Å². The zero-order valence-corrected chi connectivity index (χ0v) is 22.4. The van der Waals surface area contributed by atoms with Crippen molar-refractivity contribution in [2.24, 2.45) is 0 Å². The molecule has 1 spiro atoms. The number of hydrogen-bond donors (Lipinski definition) is 1. The molecule has 2 aliphatic heterocycles. The molecule has 1 aromatic heterocycles. The third-order valence-corrected chi connectivity index (χ3v) is 7.54. The van der Waals surface area contributed by atoms with Crippen molar-refractivity contribution in [1.29, 1.82) is 0 Å². The summed E-state index contributed by atoms with van der Waals surface area (Å²) in [5.41, 5.74) is 0.976. The number of nitrogens with zero attached hydrogens (tertiary/aromatic N) is 3. The van der Waals surface area contributed by atoms with Crippen molar-refractivity contribution in [2.75, 3.05) is 19.6 Å². The van der Waals surface area contributed by atoms with Crippen LogP contribution in [0.1, 0.15) is 36.5 Å². The minimum Gasteiger partial charge on any atom is -0.478 e. The number of carbonyl (C=O) groups excluding carboxylic acids is 1. The highest BCUT2D eigenvalue weighted by atomic mass is 19.4. The molecule has 0 saturated carbocycles. The van der Waals surface area contributed by atoms with E-state index in [1.54, 1.807) is 49.7 Å². The van der Waals surface area contributed by atoms with Gasteiger partial charge in [0.2, 0.25) is 0 Å². The fraction of sp³-hybridized carbons (Fsp3) is 0.367. The SMILES string of the molecule is C=CC(/C=C\C(=C/C)C(=O)O)N1CC2(CCN(Cc3cc(C(F)(F)F)c(C)cc3-c3ccncc3)CC2)OC1=O. The molecular weight excluding hydrogens is 523 g/mol. The number of likely N-dealkylation sites (tertiary alicyclic amines) is 1. The van der Waals surface area contributed by atoms with Crippen LogP contribution < -0.4 is 0 Å². The van der Waals surface area contributed by atoms with E-state index in [0.29, 0.717) is 44.6 Å². The van der Waals surface area contributed by atoms with Crippen LogP contribution in [-0.2, 0) is 22.3 Å². The molecule has 10 heteroatoms. The third kappa shape index (κ3) is 6.28. The van der Waals surface area contributed by atoms with E-state index in [2.05, 4.69) is 16.5 Å². The number of carboxylic acids is 1. The number of halogens is 3. The van der Waals surface area contributed by atoms with Crippen LogP contribution in [0.2, 0.25) is 0 Å². The van der Waals surface area contributed by atoms with Gasteiger partial charge in [0.25, 0.3) is 0 Å². The van der Waals surface area contributed by atoms with E-state index in [1.165, 1.54) is 30.0 Å². The lowest BCUT2D eigenvalue weighted by Crippen LogP contribution is -2.47. The van der Waals surface area contributed by atoms with E-state index >= 15 is 0 Å². The second-order valence-electron chi connectivity index (χ2n) is 10.1. The molecule has 0 bridgehead atoms. The van der Waals surface area contributed by atoms with Crippen molar-refractivity contribution in [3.63, 3.8) is 0 Å². The van der Waals surface area contributed by atoms with Gasteiger partial charge in [-0.15, -0.1) is 6.58 Å². The molecule has 40 heavy (non-hydrogen) atoms. The first-order chi connectivity index (χ1) is 19.0. The first-order valence-electron chi connectivity index (χ1n) is 13.0. The Morgan fingerprint density at radius 1 is 1.25 bits per heavy atom. The lowest BCUT2D eigenvalue weighted by molar-refractivity contribution is -0.138. The van der Waals surface area contributed by atoms with Gasteiger partial charge in [-0.3, -0.25) is 14.8 Å². The van der Waals surface area contributed by atoms with Crippen molar-refractivity contribution in [3.8, 4) is 11.1 Å². The lowest BCUT2D eigenvalue weighted by atomic mass is 9.89. The summed E-state index contributed by atoms with van der Waals surface area (Å²) in [7, 11) is 0. The maximum atomic E-state index is 13.7. The third-order valence-electron chi connectivity index (χ3n) is 7.54. The van der Waals surface area contributed by atoms with E-state index in [0.717, 1.165) is 11.1 Å². The number of amides is 1. The summed E-state index contributed by atoms with van der Waals surface area (Å²) in [6.07, 6.45) is 5.34. The Labute approximate surface area is 231 Å². The van der Waals surface area contributed by atoms with Crippen molar-refractivity contribution < 1.29 is 32.6 Å². The maximum Gasteiger partial charge on any atom is 0.416 e. The summed E-state index contributed by atoms with van der Waals surface area (Å²) in [5, 5.41) is 9.24. The Hall–Kier alpha value is -3.92. The number of alkyl halides is 3. The highest BCUT2D eigenvalue weighted by Crippen LogP contribution is 2.38. The molecule has 2 aliphatic rings. The Kier molecular flexibility index (Phi) is 8.48. The van der Waals surface area contributed by atoms with Gasteiger partial charge in [-0.1, -0.05) is 24.3 Å². The van der Waals surface area contributed by atoms with Crippen LogP contribution in [0.25, 0.3) is 11.1 Å². The Morgan fingerprint density at radius 2 is 1.93 bits per heavy atom. The fourth-order valence-corrected chi connectivity index (χ4v) is 5.29. The Balaban J connectivity index is 1.49. The van der Waals surface area contributed by atoms with Gasteiger partial charge in [-0.2, -0.15) is 13.2 Å². The standard InChI is InChI=1S/C30H32F3N3O4/c1-4-21(27(37)38)6-7-24(5-2)36-19-29(40-28(36)39)10-14-35(15-11-29)18-23-17-26(30(31,32)33)20(3)16-25(23)22-8-12-34-13-9-22/h4-9,12-13,16-17,24H,2,10-11,14-15,18-19H2,1,3H3,(H,37,38)/b7-6-,21-4+. The number of allylic oxidation sites excluding steroid dienone is 1. The maximum absolute atomic E-state index is 13.7. The van der Waals surface area contributed by atoms with Gasteiger partial charge < -0.3 is 9.84 Å². The van der Waals surface area contributed by atoms with Crippen molar-refractivity contribution >= 4 is 12.1 Å². The summed E-state index contributed by atoms with van der Waals surface area (Å²) in [4.78, 5) is 31.7. The van der Waals surface area contributed by atoms with Gasteiger partial charge in [0, 0.05) is 44.9 Å². The number of hydrogen-bond acceptors (Lipinski definition) is 5. The van der Waals surface area contributed by atoms with Gasteiger partial charge in [0.15, 0.2) is 0 Å². The molecule has 1 N–H and O–H groups in total. The van der Waals surface area contributed by atoms with Gasteiger partial charge >= 0.3 is 18.2 Å². The second kappa shape index (κ2) is 11.7. The van der Waals surface area contributed by atoms with Crippen molar-refractivity contribution in [3.05, 3.63) is 89.8 Å². The molecule has 212 valence electrons. The zero-order valence-electron chi connectivity index (χ0n) is 22.4. The highest BCUT2D eigenvalue weighted by Gasteiger charge is 2.48. The number of benzene rings is 1. The Bertz CT molecular complexity index is 1330. The highest BCUT2D eigenvalue weighted by molar-refractivity contribution is 5.89. The first-order valence-corrected chi connectivity index (χ1v) is 13.0. The predicted molar refractivity (Wildman–Crippen MR) is 144 cm³/mol. The number of carbonyl (C=O) groups is 2. The van der Waals surface area contributed by atoms with E-state index in [4.69, 9.17) is 4.74 Å².